The minimum atomic E-state index is -0.591. The highest BCUT2D eigenvalue weighted by molar-refractivity contribution is 9.10. The monoisotopic (exact) mass is 396 g/mol. The summed E-state index contributed by atoms with van der Waals surface area (Å²) in [5.41, 5.74) is 1.22. The molecule has 0 unspecified atom stereocenters. The number of likely N-dealkylation sites (N-methyl/N-ethyl adjacent to an activating group) is 1. The summed E-state index contributed by atoms with van der Waals surface area (Å²) in [6.07, 6.45) is 2.94. The summed E-state index contributed by atoms with van der Waals surface area (Å²) >= 11 is 9.04. The van der Waals surface area contributed by atoms with Gasteiger partial charge in [0.2, 0.25) is 0 Å². The highest BCUT2D eigenvalue weighted by atomic mass is 79.9. The van der Waals surface area contributed by atoms with Crippen LogP contribution in [0.5, 0.6) is 0 Å². The normalized spacial score (nSPS) is 10.2. The fourth-order valence-corrected chi connectivity index (χ4v) is 2.29. The maximum atomic E-state index is 12.0. The van der Waals surface area contributed by atoms with E-state index < -0.39 is 5.97 Å². The van der Waals surface area contributed by atoms with Crippen LogP contribution in [0.3, 0.4) is 0 Å². The Kier molecular flexibility index (Phi) is 6.12. The number of nitrogens with zero attached hydrogens (tertiary/aromatic N) is 2. The van der Waals surface area contributed by atoms with E-state index in [0.717, 1.165) is 5.56 Å². The van der Waals surface area contributed by atoms with Crippen LogP contribution in [0.2, 0.25) is 5.02 Å². The second-order valence-corrected chi connectivity index (χ2v) is 6.20. The van der Waals surface area contributed by atoms with Crippen LogP contribution < -0.4 is 0 Å². The molecule has 1 heterocycles. The van der Waals surface area contributed by atoms with Crippen LogP contribution in [-0.2, 0) is 16.1 Å². The van der Waals surface area contributed by atoms with Gasteiger partial charge in [-0.15, -0.1) is 0 Å². The summed E-state index contributed by atoms with van der Waals surface area (Å²) in [7, 11) is 1.64. The van der Waals surface area contributed by atoms with E-state index in [-0.39, 0.29) is 18.1 Å². The van der Waals surface area contributed by atoms with Gasteiger partial charge in [0.15, 0.2) is 6.61 Å². The fraction of sp³-hybridized carbons (Fsp3) is 0.188. The lowest BCUT2D eigenvalue weighted by atomic mass is 10.2. The van der Waals surface area contributed by atoms with Crippen molar-refractivity contribution in [1.29, 1.82) is 0 Å². The molecule has 0 aliphatic carbocycles. The molecule has 0 aliphatic rings. The molecule has 23 heavy (non-hydrogen) atoms. The number of hydrogen-bond acceptors (Lipinski definition) is 4. The standard InChI is InChI=1S/C16H14BrClN2O3/c1-20(9-11-2-4-14(18)5-3-11)15(21)10-23-16(22)12-6-13(17)8-19-7-12/h2-8H,9-10H2,1H3. The lowest BCUT2D eigenvalue weighted by Gasteiger charge is -2.17. The Morgan fingerprint density at radius 1 is 1.26 bits per heavy atom. The molecule has 5 nitrogen and oxygen atoms in total. The molecule has 1 aromatic heterocycles. The molecule has 2 aromatic rings. The van der Waals surface area contributed by atoms with Crippen molar-refractivity contribution in [3.63, 3.8) is 0 Å². The third-order valence-electron chi connectivity index (χ3n) is 3.03. The van der Waals surface area contributed by atoms with E-state index in [1.807, 2.05) is 12.1 Å². The molecule has 0 spiro atoms. The molecule has 0 N–H and O–H groups in total. The van der Waals surface area contributed by atoms with Crippen LogP contribution >= 0.6 is 27.5 Å². The average molecular weight is 398 g/mol. The molecule has 1 aromatic carbocycles. The molecule has 0 aliphatic heterocycles. The summed E-state index contributed by atoms with van der Waals surface area (Å²) in [6.45, 7) is 0.0848. The first-order valence-corrected chi connectivity index (χ1v) is 7.89. The number of esters is 1. The molecular formula is C16H14BrClN2O3. The SMILES string of the molecule is CN(Cc1ccc(Cl)cc1)C(=O)COC(=O)c1cncc(Br)c1. The third kappa shape index (κ3) is 5.33. The van der Waals surface area contributed by atoms with E-state index in [2.05, 4.69) is 20.9 Å². The molecule has 0 atom stereocenters. The van der Waals surface area contributed by atoms with Gasteiger partial charge in [-0.1, -0.05) is 23.7 Å². The molecule has 0 saturated heterocycles. The number of carbonyl (C=O) groups excluding carboxylic acids is 2. The van der Waals surface area contributed by atoms with Crippen LogP contribution in [0.1, 0.15) is 15.9 Å². The first kappa shape index (κ1) is 17.4. The van der Waals surface area contributed by atoms with Gasteiger partial charge in [0.25, 0.3) is 5.91 Å². The zero-order valence-electron chi connectivity index (χ0n) is 12.3. The summed E-state index contributed by atoms with van der Waals surface area (Å²) < 4.78 is 5.68. The Morgan fingerprint density at radius 2 is 1.96 bits per heavy atom. The van der Waals surface area contributed by atoms with E-state index in [9.17, 15) is 9.59 Å². The van der Waals surface area contributed by atoms with Crippen molar-refractivity contribution in [2.75, 3.05) is 13.7 Å². The predicted octanol–water partition coefficient (Wildman–Crippen LogP) is 3.31. The molecule has 7 heteroatoms. The highest BCUT2D eigenvalue weighted by Gasteiger charge is 2.14. The van der Waals surface area contributed by atoms with Crippen molar-refractivity contribution >= 4 is 39.4 Å². The van der Waals surface area contributed by atoms with E-state index in [0.29, 0.717) is 16.0 Å². The Balaban J connectivity index is 1.86. The Bertz CT molecular complexity index is 707. The Labute approximate surface area is 147 Å². The Morgan fingerprint density at radius 3 is 2.61 bits per heavy atom. The van der Waals surface area contributed by atoms with Gasteiger partial charge in [-0.05, 0) is 39.7 Å². The first-order valence-electron chi connectivity index (χ1n) is 6.72. The third-order valence-corrected chi connectivity index (χ3v) is 3.71. The van der Waals surface area contributed by atoms with Gasteiger partial charge >= 0.3 is 5.97 Å². The maximum absolute atomic E-state index is 12.0. The van der Waals surface area contributed by atoms with Gasteiger partial charge in [-0.3, -0.25) is 9.78 Å². The summed E-state index contributed by atoms with van der Waals surface area (Å²) in [5.74, 6) is -0.886. The van der Waals surface area contributed by atoms with Crippen molar-refractivity contribution in [3.8, 4) is 0 Å². The smallest absolute Gasteiger partial charge is 0.340 e. The first-order chi connectivity index (χ1) is 11.0. The van der Waals surface area contributed by atoms with Crippen LogP contribution in [0, 0.1) is 0 Å². The Hall–Kier alpha value is -1.92. The van der Waals surface area contributed by atoms with Crippen molar-refractivity contribution in [3.05, 3.63) is 63.3 Å². The number of carbonyl (C=O) groups is 2. The molecule has 2 rings (SSSR count). The number of aromatic nitrogens is 1. The lowest BCUT2D eigenvalue weighted by Crippen LogP contribution is -2.30. The van der Waals surface area contributed by atoms with Crippen molar-refractivity contribution in [2.24, 2.45) is 0 Å². The molecule has 120 valence electrons. The van der Waals surface area contributed by atoms with Crippen LogP contribution in [-0.4, -0.2) is 35.4 Å². The quantitative estimate of drug-likeness (QED) is 0.726. The highest BCUT2D eigenvalue weighted by Crippen LogP contribution is 2.12. The topological polar surface area (TPSA) is 59.5 Å². The molecular weight excluding hydrogens is 384 g/mol. The van der Waals surface area contributed by atoms with Crippen LogP contribution in [0.4, 0.5) is 0 Å². The number of ether oxygens (including phenoxy) is 1. The second kappa shape index (κ2) is 8.08. The largest absolute Gasteiger partial charge is 0.452 e. The van der Waals surface area contributed by atoms with Crippen molar-refractivity contribution in [2.45, 2.75) is 6.54 Å². The molecule has 0 fully saturated rings. The molecule has 1 amide bonds. The van der Waals surface area contributed by atoms with Gasteiger partial charge in [0, 0.05) is 35.5 Å². The van der Waals surface area contributed by atoms with Gasteiger partial charge < -0.3 is 9.64 Å². The maximum Gasteiger partial charge on any atom is 0.340 e. The van der Waals surface area contributed by atoms with Gasteiger partial charge in [0.05, 0.1) is 5.56 Å². The van der Waals surface area contributed by atoms with Gasteiger partial charge in [0.1, 0.15) is 0 Å². The zero-order chi connectivity index (χ0) is 16.8. The fourth-order valence-electron chi connectivity index (χ4n) is 1.80. The number of amides is 1. The zero-order valence-corrected chi connectivity index (χ0v) is 14.7. The lowest BCUT2D eigenvalue weighted by molar-refractivity contribution is -0.133. The van der Waals surface area contributed by atoms with E-state index in [4.69, 9.17) is 16.3 Å². The van der Waals surface area contributed by atoms with Crippen molar-refractivity contribution < 1.29 is 14.3 Å². The van der Waals surface area contributed by atoms with Crippen LogP contribution in [0.15, 0.2) is 47.2 Å². The number of hydrogen-bond donors (Lipinski definition) is 0. The van der Waals surface area contributed by atoms with Gasteiger partial charge in [-0.25, -0.2) is 4.79 Å². The van der Waals surface area contributed by atoms with E-state index in [1.165, 1.54) is 11.1 Å². The minimum absolute atomic E-state index is 0.285. The number of benzene rings is 1. The summed E-state index contributed by atoms with van der Waals surface area (Å²) in [5, 5.41) is 0.638. The summed E-state index contributed by atoms with van der Waals surface area (Å²) in [4.78, 5) is 29.2. The van der Waals surface area contributed by atoms with Crippen molar-refractivity contribution in [1.82, 2.24) is 9.88 Å². The van der Waals surface area contributed by atoms with E-state index >= 15 is 0 Å². The summed E-state index contributed by atoms with van der Waals surface area (Å²) in [6, 6.07) is 8.78. The minimum Gasteiger partial charge on any atom is -0.452 e. The number of pyridine rings is 1. The molecule has 0 radical (unpaired) electrons. The molecule has 0 bridgehead atoms. The van der Waals surface area contributed by atoms with Gasteiger partial charge in [-0.2, -0.15) is 0 Å². The number of rotatable bonds is 5. The van der Waals surface area contributed by atoms with Crippen LogP contribution in [0.25, 0.3) is 0 Å². The van der Waals surface area contributed by atoms with E-state index in [1.54, 1.807) is 31.4 Å². The molecule has 0 saturated carbocycles. The predicted molar refractivity (Wildman–Crippen MR) is 90.1 cm³/mol. The average Bonchev–Trinajstić information content (AvgIpc) is 2.54. The second-order valence-electron chi connectivity index (χ2n) is 4.84. The number of halogens is 2.